The van der Waals surface area contributed by atoms with E-state index in [1.165, 1.54) is 0 Å². The molecule has 0 aromatic rings. The molecule has 0 radical (unpaired) electrons. The Morgan fingerprint density at radius 1 is 1.70 bits per heavy atom. The molecule has 3 nitrogen and oxygen atoms in total. The van der Waals surface area contributed by atoms with Crippen molar-refractivity contribution < 1.29 is 9.53 Å². The first kappa shape index (κ1) is 7.38. The Bertz CT molecular complexity index is 132. The van der Waals surface area contributed by atoms with Crippen molar-refractivity contribution in [2.75, 3.05) is 13.7 Å². The van der Waals surface area contributed by atoms with Gasteiger partial charge in [0, 0.05) is 13.1 Å². The van der Waals surface area contributed by atoms with E-state index >= 15 is 0 Å². The van der Waals surface area contributed by atoms with Crippen LogP contribution in [0.2, 0.25) is 0 Å². The Morgan fingerprint density at radius 3 is 2.70 bits per heavy atom. The predicted octanol–water partition coefficient (Wildman–Crippen LogP) is 1.24. The number of ether oxygens (including phenoxy) is 1. The van der Waals surface area contributed by atoms with Gasteiger partial charge in [-0.1, -0.05) is 0 Å². The van der Waals surface area contributed by atoms with Crippen LogP contribution >= 0.6 is 0 Å². The number of hydrogen-bond acceptors (Lipinski definition) is 2. The number of carbonyl (C=O) groups is 1. The van der Waals surface area contributed by atoms with E-state index in [0.29, 0.717) is 12.6 Å². The molecule has 1 aliphatic rings. The molecule has 0 bridgehead atoms. The van der Waals surface area contributed by atoms with Crippen molar-refractivity contribution in [2.45, 2.75) is 25.8 Å². The lowest BCUT2D eigenvalue weighted by molar-refractivity contribution is 0.114. The van der Waals surface area contributed by atoms with Gasteiger partial charge in [-0.2, -0.15) is 0 Å². The summed E-state index contributed by atoms with van der Waals surface area (Å²) in [4.78, 5) is 12.6. The fraction of sp³-hybridized carbons (Fsp3) is 0.857. The van der Waals surface area contributed by atoms with Crippen LogP contribution in [0.3, 0.4) is 0 Å². The van der Waals surface area contributed by atoms with Crippen molar-refractivity contribution in [1.82, 2.24) is 4.90 Å². The number of carbonyl (C=O) groups excluding carboxylic acids is 1. The van der Waals surface area contributed by atoms with E-state index in [1.807, 2.05) is 6.92 Å². The molecule has 0 aromatic carbocycles. The second kappa shape index (κ2) is 2.90. The molecule has 3 heteroatoms. The van der Waals surface area contributed by atoms with Crippen LogP contribution in [0.15, 0.2) is 0 Å². The van der Waals surface area contributed by atoms with Gasteiger partial charge < -0.3 is 9.64 Å². The lowest BCUT2D eigenvalue weighted by atomic mass is 10.6. The van der Waals surface area contributed by atoms with Gasteiger partial charge >= 0.3 is 6.09 Å². The van der Waals surface area contributed by atoms with Crippen molar-refractivity contribution in [1.29, 1.82) is 0 Å². The van der Waals surface area contributed by atoms with Crippen LogP contribution < -0.4 is 0 Å². The minimum absolute atomic E-state index is 0.190. The van der Waals surface area contributed by atoms with Crippen LogP contribution in [0.4, 0.5) is 4.79 Å². The lowest BCUT2D eigenvalue weighted by Gasteiger charge is -2.14. The fourth-order valence-electron chi connectivity index (χ4n) is 0.836. The van der Waals surface area contributed by atoms with Crippen LogP contribution in [-0.2, 0) is 4.74 Å². The molecule has 0 spiro atoms. The third-order valence-electron chi connectivity index (χ3n) is 1.65. The molecule has 1 fully saturated rings. The van der Waals surface area contributed by atoms with Gasteiger partial charge in [0.25, 0.3) is 0 Å². The summed E-state index contributed by atoms with van der Waals surface area (Å²) < 4.78 is 4.79. The average Bonchev–Trinajstić information content (AvgIpc) is 2.68. The van der Waals surface area contributed by atoms with Gasteiger partial charge in [-0.25, -0.2) is 4.79 Å². The summed E-state index contributed by atoms with van der Waals surface area (Å²) in [5.41, 5.74) is 0. The van der Waals surface area contributed by atoms with E-state index in [4.69, 9.17) is 4.74 Å². The minimum atomic E-state index is -0.190. The number of hydrogen-bond donors (Lipinski definition) is 0. The SMILES string of the molecule is CCOC(=O)N(C)C1CC1. The monoisotopic (exact) mass is 143 g/mol. The Balaban J connectivity index is 2.24. The molecule has 0 unspecified atom stereocenters. The van der Waals surface area contributed by atoms with Crippen LogP contribution in [-0.4, -0.2) is 30.7 Å². The highest BCUT2D eigenvalue weighted by Gasteiger charge is 2.30. The van der Waals surface area contributed by atoms with E-state index in [-0.39, 0.29) is 6.09 Å². The molecule has 0 N–H and O–H groups in total. The molecular weight excluding hydrogens is 130 g/mol. The Kier molecular flexibility index (Phi) is 2.14. The van der Waals surface area contributed by atoms with E-state index in [9.17, 15) is 4.79 Å². The summed E-state index contributed by atoms with van der Waals surface area (Å²) in [5.74, 6) is 0. The highest BCUT2D eigenvalue weighted by atomic mass is 16.6. The zero-order valence-corrected chi connectivity index (χ0v) is 6.46. The fourth-order valence-corrected chi connectivity index (χ4v) is 0.836. The summed E-state index contributed by atoms with van der Waals surface area (Å²) in [6, 6.07) is 0.457. The quantitative estimate of drug-likeness (QED) is 0.582. The highest BCUT2D eigenvalue weighted by molar-refractivity contribution is 5.67. The number of nitrogens with zero attached hydrogens (tertiary/aromatic N) is 1. The van der Waals surface area contributed by atoms with Gasteiger partial charge in [-0.05, 0) is 19.8 Å². The van der Waals surface area contributed by atoms with Gasteiger partial charge in [0.05, 0.1) is 6.61 Å². The van der Waals surface area contributed by atoms with E-state index in [1.54, 1.807) is 11.9 Å². The van der Waals surface area contributed by atoms with Crippen molar-refractivity contribution in [3.8, 4) is 0 Å². The summed E-state index contributed by atoms with van der Waals surface area (Å²) in [7, 11) is 1.79. The largest absolute Gasteiger partial charge is 0.450 e. The zero-order chi connectivity index (χ0) is 7.56. The molecule has 58 valence electrons. The highest BCUT2D eigenvalue weighted by Crippen LogP contribution is 2.25. The predicted molar refractivity (Wildman–Crippen MR) is 37.8 cm³/mol. The average molecular weight is 143 g/mol. The van der Waals surface area contributed by atoms with Crippen molar-refractivity contribution >= 4 is 6.09 Å². The first-order valence-electron chi connectivity index (χ1n) is 3.65. The standard InChI is InChI=1S/C7H13NO2/c1-3-10-7(9)8(2)6-4-5-6/h6H,3-5H2,1-2H3. The third kappa shape index (κ3) is 1.62. The molecule has 0 aliphatic heterocycles. The molecule has 0 atom stereocenters. The molecular formula is C7H13NO2. The van der Waals surface area contributed by atoms with Crippen LogP contribution in [0.5, 0.6) is 0 Å². The maximum Gasteiger partial charge on any atom is 0.409 e. The molecule has 0 saturated heterocycles. The van der Waals surface area contributed by atoms with Crippen LogP contribution in [0.25, 0.3) is 0 Å². The summed E-state index contributed by atoms with van der Waals surface area (Å²) in [5, 5.41) is 0. The lowest BCUT2D eigenvalue weighted by Crippen LogP contribution is -2.29. The molecule has 0 aromatic heterocycles. The zero-order valence-electron chi connectivity index (χ0n) is 6.46. The first-order valence-corrected chi connectivity index (χ1v) is 3.65. The van der Waals surface area contributed by atoms with Crippen molar-refractivity contribution in [2.24, 2.45) is 0 Å². The van der Waals surface area contributed by atoms with Gasteiger partial charge in [-0.3, -0.25) is 0 Å². The van der Waals surface area contributed by atoms with Crippen molar-refractivity contribution in [3.05, 3.63) is 0 Å². The second-order valence-electron chi connectivity index (χ2n) is 2.54. The van der Waals surface area contributed by atoms with Crippen molar-refractivity contribution in [3.63, 3.8) is 0 Å². The van der Waals surface area contributed by atoms with E-state index < -0.39 is 0 Å². The maximum absolute atomic E-state index is 10.9. The van der Waals surface area contributed by atoms with Crippen LogP contribution in [0.1, 0.15) is 19.8 Å². The molecule has 10 heavy (non-hydrogen) atoms. The number of amides is 1. The molecule has 1 rings (SSSR count). The molecule has 1 amide bonds. The van der Waals surface area contributed by atoms with Gasteiger partial charge in [-0.15, -0.1) is 0 Å². The Hall–Kier alpha value is -0.730. The summed E-state index contributed by atoms with van der Waals surface area (Å²) >= 11 is 0. The normalized spacial score (nSPS) is 16.6. The molecule has 0 heterocycles. The third-order valence-corrected chi connectivity index (χ3v) is 1.65. The Labute approximate surface area is 61.0 Å². The molecule has 1 saturated carbocycles. The molecule has 1 aliphatic carbocycles. The maximum atomic E-state index is 10.9. The van der Waals surface area contributed by atoms with E-state index in [2.05, 4.69) is 0 Å². The minimum Gasteiger partial charge on any atom is -0.450 e. The van der Waals surface area contributed by atoms with Gasteiger partial charge in [0.2, 0.25) is 0 Å². The van der Waals surface area contributed by atoms with Gasteiger partial charge in [0.1, 0.15) is 0 Å². The topological polar surface area (TPSA) is 29.5 Å². The Morgan fingerprint density at radius 2 is 2.30 bits per heavy atom. The second-order valence-corrected chi connectivity index (χ2v) is 2.54. The smallest absolute Gasteiger partial charge is 0.409 e. The van der Waals surface area contributed by atoms with Gasteiger partial charge in [0.15, 0.2) is 0 Å². The van der Waals surface area contributed by atoms with E-state index in [0.717, 1.165) is 12.8 Å². The summed E-state index contributed by atoms with van der Waals surface area (Å²) in [6.07, 6.45) is 2.08. The number of rotatable bonds is 2. The summed E-state index contributed by atoms with van der Waals surface area (Å²) in [6.45, 7) is 2.29. The first-order chi connectivity index (χ1) is 4.75. The van der Waals surface area contributed by atoms with Crippen LogP contribution in [0, 0.1) is 0 Å².